The van der Waals surface area contributed by atoms with E-state index >= 15 is 0 Å². The van der Waals surface area contributed by atoms with Gasteiger partial charge in [-0.3, -0.25) is 4.79 Å². The van der Waals surface area contributed by atoms with Gasteiger partial charge >= 0.3 is 0 Å². The van der Waals surface area contributed by atoms with Crippen LogP contribution < -0.4 is 5.32 Å². The smallest absolute Gasteiger partial charge is 0.230 e. The van der Waals surface area contributed by atoms with Crippen LogP contribution in [0.2, 0.25) is 5.02 Å². The van der Waals surface area contributed by atoms with Gasteiger partial charge in [0, 0.05) is 24.7 Å². The van der Waals surface area contributed by atoms with Crippen molar-refractivity contribution in [2.24, 2.45) is 5.92 Å². The summed E-state index contributed by atoms with van der Waals surface area (Å²) in [7, 11) is 0. The third kappa shape index (κ3) is 3.16. The maximum atomic E-state index is 12.8. The maximum Gasteiger partial charge on any atom is 0.230 e. The van der Waals surface area contributed by atoms with Crippen LogP contribution in [0.1, 0.15) is 39.2 Å². The molecule has 0 atom stereocenters. The second kappa shape index (κ2) is 5.54. The third-order valence-electron chi connectivity index (χ3n) is 5.01. The van der Waals surface area contributed by atoms with Crippen molar-refractivity contribution >= 4 is 17.5 Å². The molecule has 1 aliphatic heterocycles. The molecule has 1 saturated carbocycles. The Morgan fingerprint density at radius 1 is 1.41 bits per heavy atom. The van der Waals surface area contributed by atoms with Gasteiger partial charge in [0.25, 0.3) is 0 Å². The van der Waals surface area contributed by atoms with E-state index < -0.39 is 5.41 Å². The van der Waals surface area contributed by atoms with E-state index in [1.807, 2.05) is 38.1 Å². The molecule has 1 saturated heterocycles. The number of halogens is 1. The van der Waals surface area contributed by atoms with Crippen molar-refractivity contribution in [1.82, 2.24) is 10.2 Å². The molecule has 1 aliphatic carbocycles. The van der Waals surface area contributed by atoms with Crippen molar-refractivity contribution < 1.29 is 4.79 Å². The van der Waals surface area contributed by atoms with E-state index in [1.165, 1.54) is 0 Å². The van der Waals surface area contributed by atoms with Crippen LogP contribution >= 0.6 is 11.6 Å². The minimum absolute atomic E-state index is 0.00701. The van der Waals surface area contributed by atoms with Crippen molar-refractivity contribution in [3.8, 4) is 0 Å². The minimum Gasteiger partial charge on any atom is -0.349 e. The summed E-state index contributed by atoms with van der Waals surface area (Å²) < 4.78 is 0. The van der Waals surface area contributed by atoms with Gasteiger partial charge < -0.3 is 10.2 Å². The normalized spacial score (nSPS) is 21.3. The fraction of sp³-hybridized carbons (Fsp3) is 0.611. The first-order valence-corrected chi connectivity index (χ1v) is 8.50. The predicted octanol–water partition coefficient (Wildman–Crippen LogP) is 3.22. The Bertz CT molecular complexity index is 574. The number of benzene rings is 1. The lowest BCUT2D eigenvalue weighted by molar-refractivity contribution is -0.127. The van der Waals surface area contributed by atoms with E-state index in [2.05, 4.69) is 17.1 Å². The van der Waals surface area contributed by atoms with E-state index in [9.17, 15) is 4.79 Å². The molecular formula is C18H25ClN2O. The standard InChI is InChI=1S/C18H25ClN2O/c1-13-10-21(11-13)12-18(7-8-18)20-16(22)17(2,3)14-5-4-6-15(19)9-14/h4-6,9,13H,7-8,10-12H2,1-3H3,(H,20,22). The maximum absolute atomic E-state index is 12.8. The number of hydrogen-bond donors (Lipinski definition) is 1. The van der Waals surface area contributed by atoms with Gasteiger partial charge in [0.2, 0.25) is 5.91 Å². The van der Waals surface area contributed by atoms with Crippen molar-refractivity contribution in [2.75, 3.05) is 19.6 Å². The van der Waals surface area contributed by atoms with Crippen molar-refractivity contribution in [2.45, 2.75) is 44.6 Å². The minimum atomic E-state index is -0.567. The zero-order valence-corrected chi connectivity index (χ0v) is 14.4. The number of nitrogens with zero attached hydrogens (tertiary/aromatic N) is 1. The molecule has 120 valence electrons. The molecule has 1 aromatic rings. The average Bonchev–Trinajstić information content (AvgIpc) is 3.16. The van der Waals surface area contributed by atoms with E-state index in [0.717, 1.165) is 44.0 Å². The molecule has 2 aliphatic rings. The number of carbonyl (C=O) groups is 1. The van der Waals surface area contributed by atoms with E-state index in [-0.39, 0.29) is 11.4 Å². The van der Waals surface area contributed by atoms with Gasteiger partial charge in [0.1, 0.15) is 0 Å². The molecule has 0 unspecified atom stereocenters. The summed E-state index contributed by atoms with van der Waals surface area (Å²) in [6, 6.07) is 7.60. The Kier molecular flexibility index (Phi) is 3.98. The molecule has 2 fully saturated rings. The lowest BCUT2D eigenvalue weighted by Gasteiger charge is -2.40. The SMILES string of the molecule is CC1CN(CC2(NC(=O)C(C)(C)c3cccc(Cl)c3)CC2)C1. The fourth-order valence-electron chi connectivity index (χ4n) is 3.26. The van der Waals surface area contributed by atoms with Gasteiger partial charge in [0.05, 0.1) is 11.0 Å². The van der Waals surface area contributed by atoms with Gasteiger partial charge in [-0.25, -0.2) is 0 Å². The highest BCUT2D eigenvalue weighted by molar-refractivity contribution is 6.30. The van der Waals surface area contributed by atoms with E-state index in [4.69, 9.17) is 11.6 Å². The Morgan fingerprint density at radius 3 is 2.64 bits per heavy atom. The van der Waals surface area contributed by atoms with E-state index in [0.29, 0.717) is 5.02 Å². The number of rotatable bonds is 5. The van der Waals surface area contributed by atoms with Crippen LogP contribution in [0.4, 0.5) is 0 Å². The quantitative estimate of drug-likeness (QED) is 0.903. The average molecular weight is 321 g/mol. The van der Waals surface area contributed by atoms with Gasteiger partial charge in [-0.15, -0.1) is 0 Å². The zero-order chi connectivity index (χ0) is 16.0. The first kappa shape index (κ1) is 15.8. The summed E-state index contributed by atoms with van der Waals surface area (Å²) in [6.07, 6.45) is 2.19. The molecule has 0 bridgehead atoms. The first-order valence-electron chi connectivity index (χ1n) is 8.12. The molecule has 22 heavy (non-hydrogen) atoms. The van der Waals surface area contributed by atoms with Crippen LogP contribution in [-0.2, 0) is 10.2 Å². The molecule has 0 spiro atoms. The number of carbonyl (C=O) groups excluding carboxylic acids is 1. The van der Waals surface area contributed by atoms with Crippen LogP contribution in [0.3, 0.4) is 0 Å². The summed E-state index contributed by atoms with van der Waals surface area (Å²) >= 11 is 6.07. The molecule has 3 rings (SSSR count). The highest BCUT2D eigenvalue weighted by Gasteiger charge is 2.48. The van der Waals surface area contributed by atoms with Gasteiger partial charge in [-0.2, -0.15) is 0 Å². The van der Waals surface area contributed by atoms with Gasteiger partial charge in [-0.05, 0) is 50.3 Å². The van der Waals surface area contributed by atoms with Crippen LogP contribution in [0.25, 0.3) is 0 Å². The predicted molar refractivity (Wildman–Crippen MR) is 90.2 cm³/mol. The summed E-state index contributed by atoms with van der Waals surface area (Å²) in [4.78, 5) is 15.3. The number of amides is 1. The Balaban J connectivity index is 1.65. The molecule has 1 heterocycles. The Labute approximate surface area is 138 Å². The fourth-order valence-corrected chi connectivity index (χ4v) is 3.45. The van der Waals surface area contributed by atoms with Crippen molar-refractivity contribution in [3.05, 3.63) is 34.9 Å². The highest BCUT2D eigenvalue weighted by atomic mass is 35.5. The summed E-state index contributed by atoms with van der Waals surface area (Å²) in [5.41, 5.74) is 0.404. The zero-order valence-electron chi connectivity index (χ0n) is 13.7. The lowest BCUT2D eigenvalue weighted by Crippen LogP contribution is -2.55. The second-order valence-electron chi connectivity index (χ2n) is 7.67. The summed E-state index contributed by atoms with van der Waals surface area (Å²) in [6.45, 7) is 9.53. The Hall–Kier alpha value is -1.06. The number of likely N-dealkylation sites (tertiary alicyclic amines) is 1. The Morgan fingerprint density at radius 2 is 2.09 bits per heavy atom. The molecule has 1 N–H and O–H groups in total. The van der Waals surface area contributed by atoms with Crippen LogP contribution in [0.5, 0.6) is 0 Å². The molecule has 1 amide bonds. The lowest BCUT2D eigenvalue weighted by atomic mass is 9.83. The molecule has 4 heteroatoms. The topological polar surface area (TPSA) is 32.3 Å². The van der Waals surface area contributed by atoms with Gasteiger partial charge in [0.15, 0.2) is 0 Å². The second-order valence-corrected chi connectivity index (χ2v) is 8.11. The van der Waals surface area contributed by atoms with Crippen molar-refractivity contribution in [3.63, 3.8) is 0 Å². The third-order valence-corrected chi connectivity index (χ3v) is 5.25. The summed E-state index contributed by atoms with van der Waals surface area (Å²) in [5.74, 6) is 0.898. The molecule has 1 aromatic carbocycles. The molecular weight excluding hydrogens is 296 g/mol. The number of nitrogens with one attached hydrogen (secondary N) is 1. The van der Waals surface area contributed by atoms with Crippen LogP contribution in [0.15, 0.2) is 24.3 Å². The van der Waals surface area contributed by atoms with Crippen LogP contribution in [-0.4, -0.2) is 36.0 Å². The molecule has 0 radical (unpaired) electrons. The van der Waals surface area contributed by atoms with Gasteiger partial charge in [-0.1, -0.05) is 30.7 Å². The summed E-state index contributed by atoms with van der Waals surface area (Å²) in [5, 5.41) is 3.99. The van der Waals surface area contributed by atoms with E-state index in [1.54, 1.807) is 0 Å². The molecule has 3 nitrogen and oxygen atoms in total. The first-order chi connectivity index (χ1) is 10.3. The highest BCUT2D eigenvalue weighted by Crippen LogP contribution is 2.39. The van der Waals surface area contributed by atoms with Crippen LogP contribution in [0, 0.1) is 5.92 Å². The largest absolute Gasteiger partial charge is 0.349 e. The van der Waals surface area contributed by atoms with Crippen molar-refractivity contribution in [1.29, 1.82) is 0 Å². The number of hydrogen-bond acceptors (Lipinski definition) is 2. The monoisotopic (exact) mass is 320 g/mol. The molecule has 0 aromatic heterocycles.